The average molecular weight is 173 g/mol. The molecule has 12 heavy (non-hydrogen) atoms. The van der Waals surface area contributed by atoms with Crippen LogP contribution in [0.5, 0.6) is 0 Å². The van der Waals surface area contributed by atoms with Crippen LogP contribution in [0.1, 0.15) is 19.3 Å². The molecule has 5 N–H and O–H groups in total. The smallest absolute Gasteiger partial charge is 0.233 e. The Balaban J connectivity index is 3.11. The number of nitrogens with two attached hydrogens (primary N) is 2. The van der Waals surface area contributed by atoms with Crippen LogP contribution in [0.25, 0.3) is 0 Å². The zero-order valence-electron chi connectivity index (χ0n) is 7.01. The lowest BCUT2D eigenvalue weighted by molar-refractivity contribution is -0.119. The number of hydrogen-bond acceptors (Lipinski definition) is 3. The van der Waals surface area contributed by atoms with Gasteiger partial charge in [-0.3, -0.25) is 9.59 Å². The Morgan fingerprint density at radius 3 is 2.42 bits per heavy atom. The highest BCUT2D eigenvalue weighted by atomic mass is 16.2. The normalized spacial score (nSPS) is 9.42. The molecule has 0 aromatic rings. The van der Waals surface area contributed by atoms with Gasteiger partial charge in [-0.15, -0.1) is 0 Å². The van der Waals surface area contributed by atoms with E-state index in [2.05, 4.69) is 5.32 Å². The fourth-order valence-electron chi connectivity index (χ4n) is 0.724. The van der Waals surface area contributed by atoms with E-state index >= 15 is 0 Å². The second-order valence-corrected chi connectivity index (χ2v) is 2.48. The third-order valence-electron chi connectivity index (χ3n) is 1.36. The molecule has 0 aliphatic rings. The Kier molecular flexibility index (Phi) is 6.00. The van der Waals surface area contributed by atoms with Crippen molar-refractivity contribution >= 4 is 11.8 Å². The van der Waals surface area contributed by atoms with Crippen LogP contribution in [0.2, 0.25) is 0 Å². The largest absolute Gasteiger partial charge is 0.370 e. The fourth-order valence-corrected chi connectivity index (χ4v) is 0.724. The van der Waals surface area contributed by atoms with Crippen LogP contribution in [-0.2, 0) is 9.59 Å². The van der Waals surface area contributed by atoms with Crippen molar-refractivity contribution in [2.45, 2.75) is 19.3 Å². The first-order chi connectivity index (χ1) is 5.66. The third kappa shape index (κ3) is 7.01. The van der Waals surface area contributed by atoms with Gasteiger partial charge in [0.15, 0.2) is 0 Å². The van der Waals surface area contributed by atoms with Gasteiger partial charge in [0.05, 0.1) is 6.54 Å². The maximum Gasteiger partial charge on any atom is 0.233 e. The Morgan fingerprint density at radius 2 is 1.92 bits per heavy atom. The van der Waals surface area contributed by atoms with Gasteiger partial charge in [-0.1, -0.05) is 0 Å². The van der Waals surface area contributed by atoms with E-state index in [1.54, 1.807) is 0 Å². The van der Waals surface area contributed by atoms with Crippen LogP contribution >= 0.6 is 0 Å². The molecule has 0 spiro atoms. The van der Waals surface area contributed by atoms with Crippen molar-refractivity contribution in [2.24, 2.45) is 11.5 Å². The summed E-state index contributed by atoms with van der Waals surface area (Å²) in [7, 11) is 0. The van der Waals surface area contributed by atoms with E-state index in [1.807, 2.05) is 0 Å². The second kappa shape index (κ2) is 6.60. The Morgan fingerprint density at radius 1 is 1.25 bits per heavy atom. The van der Waals surface area contributed by atoms with E-state index in [0.717, 1.165) is 6.42 Å². The summed E-state index contributed by atoms with van der Waals surface area (Å²) in [5.41, 5.74) is 9.96. The number of primary amides is 1. The number of nitrogens with one attached hydrogen (secondary N) is 1. The van der Waals surface area contributed by atoms with Crippen molar-refractivity contribution in [3.05, 3.63) is 0 Å². The van der Waals surface area contributed by atoms with Gasteiger partial charge in [-0.2, -0.15) is 0 Å². The molecule has 5 heteroatoms. The van der Waals surface area contributed by atoms with Crippen LogP contribution in [0, 0.1) is 0 Å². The molecule has 5 nitrogen and oxygen atoms in total. The quantitative estimate of drug-likeness (QED) is 0.436. The standard InChI is InChI=1S/C7H15N3O2/c8-5-7(12)10-4-2-1-3-6(9)11/h1-5,8H2,(H2,9,11)(H,10,12). The van der Waals surface area contributed by atoms with E-state index in [9.17, 15) is 9.59 Å². The first-order valence-electron chi connectivity index (χ1n) is 3.92. The molecule has 0 bridgehead atoms. The summed E-state index contributed by atoms with van der Waals surface area (Å²) in [5, 5.41) is 2.59. The second-order valence-electron chi connectivity index (χ2n) is 2.48. The van der Waals surface area contributed by atoms with Crippen molar-refractivity contribution in [3.8, 4) is 0 Å². The third-order valence-corrected chi connectivity index (χ3v) is 1.36. The van der Waals surface area contributed by atoms with Gasteiger partial charge in [0.25, 0.3) is 0 Å². The first kappa shape index (κ1) is 10.9. The highest BCUT2D eigenvalue weighted by Crippen LogP contribution is 1.91. The number of carbonyl (C=O) groups excluding carboxylic acids is 2. The Labute approximate surface area is 71.5 Å². The predicted molar refractivity (Wildman–Crippen MR) is 45.1 cm³/mol. The van der Waals surface area contributed by atoms with Gasteiger partial charge in [-0.25, -0.2) is 0 Å². The van der Waals surface area contributed by atoms with Crippen LogP contribution in [0.4, 0.5) is 0 Å². The molecule has 0 fully saturated rings. The minimum Gasteiger partial charge on any atom is -0.370 e. The fraction of sp³-hybridized carbons (Fsp3) is 0.714. The topological polar surface area (TPSA) is 98.2 Å². The summed E-state index contributed by atoms with van der Waals surface area (Å²) in [6.07, 6.45) is 1.84. The van der Waals surface area contributed by atoms with Gasteiger partial charge in [0.2, 0.25) is 11.8 Å². The Hall–Kier alpha value is -1.10. The summed E-state index contributed by atoms with van der Waals surface area (Å²) >= 11 is 0. The molecule has 70 valence electrons. The molecule has 0 aliphatic carbocycles. The molecule has 0 heterocycles. The van der Waals surface area contributed by atoms with Gasteiger partial charge >= 0.3 is 0 Å². The van der Waals surface area contributed by atoms with Crippen LogP contribution in [0.3, 0.4) is 0 Å². The molecule has 0 aromatic heterocycles. The highest BCUT2D eigenvalue weighted by Gasteiger charge is 1.96. The average Bonchev–Trinajstić information content (AvgIpc) is 2.03. The zero-order chi connectivity index (χ0) is 9.40. The summed E-state index contributed by atoms with van der Waals surface area (Å²) < 4.78 is 0. The van der Waals surface area contributed by atoms with E-state index in [0.29, 0.717) is 19.4 Å². The summed E-state index contributed by atoms with van der Waals surface area (Å²) in [5.74, 6) is -0.478. The molecule has 0 rings (SSSR count). The first-order valence-corrected chi connectivity index (χ1v) is 3.92. The zero-order valence-corrected chi connectivity index (χ0v) is 7.01. The number of unbranched alkanes of at least 4 members (excludes halogenated alkanes) is 1. The monoisotopic (exact) mass is 173 g/mol. The molecule has 2 amide bonds. The molecule has 0 radical (unpaired) electrons. The van der Waals surface area contributed by atoms with Gasteiger partial charge in [0.1, 0.15) is 0 Å². The van der Waals surface area contributed by atoms with Crippen molar-refractivity contribution < 1.29 is 9.59 Å². The van der Waals surface area contributed by atoms with Gasteiger partial charge in [-0.05, 0) is 12.8 Å². The van der Waals surface area contributed by atoms with E-state index in [-0.39, 0.29) is 18.4 Å². The minimum absolute atomic E-state index is 0.00974. The number of carbonyl (C=O) groups is 2. The van der Waals surface area contributed by atoms with Crippen molar-refractivity contribution in [1.82, 2.24) is 5.32 Å². The van der Waals surface area contributed by atoms with Crippen LogP contribution in [0.15, 0.2) is 0 Å². The van der Waals surface area contributed by atoms with Crippen LogP contribution < -0.4 is 16.8 Å². The van der Waals surface area contributed by atoms with E-state index in [4.69, 9.17) is 11.5 Å². The van der Waals surface area contributed by atoms with E-state index < -0.39 is 0 Å². The molecular formula is C7H15N3O2. The predicted octanol–water partition coefficient (Wildman–Crippen LogP) is -1.28. The molecule has 0 unspecified atom stereocenters. The lowest BCUT2D eigenvalue weighted by Crippen LogP contribution is -2.31. The molecule has 0 aliphatic heterocycles. The molecule has 0 saturated heterocycles. The van der Waals surface area contributed by atoms with Gasteiger partial charge in [0, 0.05) is 13.0 Å². The lowest BCUT2D eigenvalue weighted by Gasteiger charge is -2.01. The maximum absolute atomic E-state index is 10.6. The number of rotatable bonds is 6. The van der Waals surface area contributed by atoms with Crippen molar-refractivity contribution in [3.63, 3.8) is 0 Å². The molecular weight excluding hydrogens is 158 g/mol. The van der Waals surface area contributed by atoms with Crippen molar-refractivity contribution in [2.75, 3.05) is 13.1 Å². The molecule has 0 saturated carbocycles. The summed E-state index contributed by atoms with van der Waals surface area (Å²) in [6.45, 7) is 0.569. The number of amides is 2. The SMILES string of the molecule is NCC(=O)NCCCCC(N)=O. The maximum atomic E-state index is 10.6. The van der Waals surface area contributed by atoms with Crippen LogP contribution in [-0.4, -0.2) is 24.9 Å². The highest BCUT2D eigenvalue weighted by molar-refractivity contribution is 5.77. The van der Waals surface area contributed by atoms with Gasteiger partial charge < -0.3 is 16.8 Å². The summed E-state index contributed by atoms with van der Waals surface area (Å²) in [4.78, 5) is 20.8. The molecule has 0 aromatic carbocycles. The molecule has 0 atom stereocenters. The minimum atomic E-state index is -0.305. The number of hydrogen-bond donors (Lipinski definition) is 3. The summed E-state index contributed by atoms with van der Waals surface area (Å²) in [6, 6.07) is 0. The lowest BCUT2D eigenvalue weighted by atomic mass is 10.2. The Bertz CT molecular complexity index is 159. The van der Waals surface area contributed by atoms with E-state index in [1.165, 1.54) is 0 Å². The van der Waals surface area contributed by atoms with Crippen molar-refractivity contribution in [1.29, 1.82) is 0 Å².